The van der Waals surface area contributed by atoms with Crippen molar-refractivity contribution in [2.24, 2.45) is 0 Å². The molecular formula is C16H19FN2O2. The number of carbonyl (C=O) groups excluding carboxylic acids is 1. The first-order valence-electron chi connectivity index (χ1n) is 7.14. The Morgan fingerprint density at radius 2 is 1.95 bits per heavy atom. The topological polar surface area (TPSA) is 53.2 Å². The summed E-state index contributed by atoms with van der Waals surface area (Å²) in [5.74, 6) is -0.346. The Balaban J connectivity index is 2.19. The number of benzene rings is 1. The van der Waals surface area contributed by atoms with Gasteiger partial charge in [0, 0.05) is 25.1 Å². The first-order chi connectivity index (χ1) is 10.0. The van der Waals surface area contributed by atoms with Crippen molar-refractivity contribution in [3.63, 3.8) is 0 Å². The van der Waals surface area contributed by atoms with Gasteiger partial charge in [0.15, 0.2) is 0 Å². The maximum atomic E-state index is 13.1. The molecule has 4 nitrogen and oxygen atoms in total. The molecule has 0 bridgehead atoms. The summed E-state index contributed by atoms with van der Waals surface area (Å²) < 4.78 is 13.1. The zero-order valence-electron chi connectivity index (χ0n) is 12.3. The summed E-state index contributed by atoms with van der Waals surface area (Å²) in [4.78, 5) is 28.3. The first kappa shape index (κ1) is 15.2. The molecule has 0 aliphatic rings. The van der Waals surface area contributed by atoms with E-state index < -0.39 is 0 Å². The summed E-state index contributed by atoms with van der Waals surface area (Å²) in [7, 11) is 0. The van der Waals surface area contributed by atoms with E-state index in [0.29, 0.717) is 37.0 Å². The third-order valence-electron chi connectivity index (χ3n) is 3.61. The highest BCUT2D eigenvalue weighted by atomic mass is 19.1. The highest BCUT2D eigenvalue weighted by Crippen LogP contribution is 2.13. The maximum Gasteiger partial charge on any atom is 0.251 e. The summed E-state index contributed by atoms with van der Waals surface area (Å²) in [6, 6.07) is 5.99. The molecule has 1 amide bonds. The van der Waals surface area contributed by atoms with E-state index in [1.54, 1.807) is 17.0 Å². The summed E-state index contributed by atoms with van der Waals surface area (Å²) >= 11 is 0. The van der Waals surface area contributed by atoms with Gasteiger partial charge in [0.25, 0.3) is 5.56 Å². The lowest BCUT2D eigenvalue weighted by molar-refractivity contribution is -0.130. The van der Waals surface area contributed by atoms with Crippen LogP contribution in [-0.4, -0.2) is 28.9 Å². The third-order valence-corrected chi connectivity index (χ3v) is 3.61. The van der Waals surface area contributed by atoms with Crippen molar-refractivity contribution in [3.8, 4) is 0 Å². The quantitative estimate of drug-likeness (QED) is 0.919. The molecule has 0 unspecified atom stereocenters. The number of hydrogen-bond acceptors (Lipinski definition) is 2. The van der Waals surface area contributed by atoms with Crippen LogP contribution in [0.5, 0.6) is 0 Å². The van der Waals surface area contributed by atoms with Gasteiger partial charge in [0.1, 0.15) is 5.82 Å². The molecule has 0 saturated heterocycles. The molecule has 1 N–H and O–H groups in total. The van der Waals surface area contributed by atoms with Gasteiger partial charge in [-0.2, -0.15) is 0 Å². The highest BCUT2D eigenvalue weighted by Gasteiger charge is 2.11. The van der Waals surface area contributed by atoms with Crippen LogP contribution in [0.3, 0.4) is 0 Å². The first-order valence-corrected chi connectivity index (χ1v) is 7.14. The van der Waals surface area contributed by atoms with Gasteiger partial charge in [-0.25, -0.2) is 4.39 Å². The van der Waals surface area contributed by atoms with Gasteiger partial charge >= 0.3 is 0 Å². The summed E-state index contributed by atoms with van der Waals surface area (Å²) in [5.41, 5.74) is 0.758. The number of hydrogen-bond donors (Lipinski definition) is 1. The lowest BCUT2D eigenvalue weighted by atomic mass is 10.1. The SMILES string of the molecule is CCN(CC)C(=O)CCc1cc2ccc(F)cc2[nH]c1=O. The van der Waals surface area contributed by atoms with E-state index in [4.69, 9.17) is 0 Å². The molecule has 5 heteroatoms. The van der Waals surface area contributed by atoms with Gasteiger partial charge in [0.05, 0.1) is 5.52 Å². The van der Waals surface area contributed by atoms with E-state index in [1.165, 1.54) is 12.1 Å². The van der Waals surface area contributed by atoms with Crippen LogP contribution in [0.2, 0.25) is 0 Å². The Labute approximate surface area is 122 Å². The number of rotatable bonds is 5. The van der Waals surface area contributed by atoms with Gasteiger partial charge in [-0.1, -0.05) is 0 Å². The van der Waals surface area contributed by atoms with Gasteiger partial charge in [0.2, 0.25) is 5.91 Å². The predicted molar refractivity (Wildman–Crippen MR) is 80.8 cm³/mol. The average molecular weight is 290 g/mol. The van der Waals surface area contributed by atoms with Crippen LogP contribution in [0.15, 0.2) is 29.1 Å². The van der Waals surface area contributed by atoms with Crippen molar-refractivity contribution in [3.05, 3.63) is 46.0 Å². The van der Waals surface area contributed by atoms with Gasteiger partial charge in [-0.3, -0.25) is 9.59 Å². The van der Waals surface area contributed by atoms with E-state index in [-0.39, 0.29) is 17.3 Å². The van der Waals surface area contributed by atoms with Crippen molar-refractivity contribution >= 4 is 16.8 Å². The number of amides is 1. The molecule has 1 heterocycles. The van der Waals surface area contributed by atoms with Gasteiger partial charge in [-0.05, 0) is 49.9 Å². The molecule has 2 rings (SSSR count). The number of nitrogens with one attached hydrogen (secondary N) is 1. The van der Waals surface area contributed by atoms with E-state index in [9.17, 15) is 14.0 Å². The fraction of sp³-hybridized carbons (Fsp3) is 0.375. The Morgan fingerprint density at radius 1 is 1.24 bits per heavy atom. The fourth-order valence-corrected chi connectivity index (χ4v) is 2.38. The molecule has 2 aromatic rings. The number of fused-ring (bicyclic) bond motifs is 1. The average Bonchev–Trinajstić information content (AvgIpc) is 2.46. The predicted octanol–water partition coefficient (Wildman–Crippen LogP) is 2.47. The molecule has 1 aromatic carbocycles. The molecule has 0 aliphatic carbocycles. The van der Waals surface area contributed by atoms with Crippen LogP contribution in [0, 0.1) is 5.82 Å². The van der Waals surface area contributed by atoms with Crippen molar-refractivity contribution in [2.45, 2.75) is 26.7 Å². The van der Waals surface area contributed by atoms with Crippen LogP contribution in [-0.2, 0) is 11.2 Å². The monoisotopic (exact) mass is 290 g/mol. The van der Waals surface area contributed by atoms with E-state index in [1.807, 2.05) is 13.8 Å². The molecule has 0 spiro atoms. The second-order valence-electron chi connectivity index (χ2n) is 4.92. The van der Waals surface area contributed by atoms with Gasteiger partial charge in [-0.15, -0.1) is 0 Å². The molecule has 0 radical (unpaired) electrons. The molecule has 0 saturated carbocycles. The van der Waals surface area contributed by atoms with Crippen molar-refractivity contribution in [1.29, 1.82) is 0 Å². The second-order valence-corrected chi connectivity index (χ2v) is 4.92. The highest BCUT2D eigenvalue weighted by molar-refractivity contribution is 5.79. The van der Waals surface area contributed by atoms with Crippen molar-refractivity contribution < 1.29 is 9.18 Å². The number of H-pyrrole nitrogens is 1. The third kappa shape index (κ3) is 3.48. The minimum absolute atomic E-state index is 0.0404. The molecule has 0 aliphatic heterocycles. The van der Waals surface area contributed by atoms with E-state index >= 15 is 0 Å². The Morgan fingerprint density at radius 3 is 2.62 bits per heavy atom. The number of halogens is 1. The van der Waals surface area contributed by atoms with E-state index in [2.05, 4.69) is 4.98 Å². The zero-order chi connectivity index (χ0) is 15.4. The lowest BCUT2D eigenvalue weighted by Gasteiger charge is -2.18. The Kier molecular flexibility index (Phi) is 4.73. The Bertz CT molecular complexity index is 705. The molecule has 0 atom stereocenters. The van der Waals surface area contributed by atoms with E-state index in [0.717, 1.165) is 5.39 Å². The number of pyridine rings is 1. The van der Waals surface area contributed by atoms with Crippen LogP contribution < -0.4 is 5.56 Å². The van der Waals surface area contributed by atoms with Crippen LogP contribution in [0.1, 0.15) is 25.8 Å². The standard InChI is InChI=1S/C16H19FN2O2/c1-3-19(4-2)15(20)8-6-12-9-11-5-7-13(17)10-14(11)18-16(12)21/h5,7,9-10H,3-4,6,8H2,1-2H3,(H,18,21). The molecule has 0 fully saturated rings. The lowest BCUT2D eigenvalue weighted by Crippen LogP contribution is -2.31. The normalized spacial score (nSPS) is 10.8. The zero-order valence-corrected chi connectivity index (χ0v) is 12.3. The van der Waals surface area contributed by atoms with Crippen LogP contribution >= 0.6 is 0 Å². The molecule has 1 aromatic heterocycles. The number of aromatic amines is 1. The van der Waals surface area contributed by atoms with Gasteiger partial charge < -0.3 is 9.88 Å². The maximum absolute atomic E-state index is 13.1. The number of nitrogens with zero attached hydrogens (tertiary/aromatic N) is 1. The minimum Gasteiger partial charge on any atom is -0.343 e. The summed E-state index contributed by atoms with van der Waals surface area (Å²) in [5, 5.41) is 0.765. The van der Waals surface area contributed by atoms with Crippen molar-refractivity contribution in [1.82, 2.24) is 9.88 Å². The second kappa shape index (κ2) is 6.52. The fourth-order valence-electron chi connectivity index (χ4n) is 2.38. The Hall–Kier alpha value is -2.17. The summed E-state index contributed by atoms with van der Waals surface area (Å²) in [6.45, 7) is 5.20. The molecule has 21 heavy (non-hydrogen) atoms. The number of carbonyl (C=O) groups is 1. The summed E-state index contributed by atoms with van der Waals surface area (Å²) in [6.07, 6.45) is 0.690. The van der Waals surface area contributed by atoms with Crippen molar-refractivity contribution in [2.75, 3.05) is 13.1 Å². The number of aryl methyl sites for hydroxylation is 1. The van der Waals surface area contributed by atoms with Crippen LogP contribution in [0.25, 0.3) is 10.9 Å². The van der Waals surface area contributed by atoms with Crippen LogP contribution in [0.4, 0.5) is 4.39 Å². The smallest absolute Gasteiger partial charge is 0.251 e. The largest absolute Gasteiger partial charge is 0.343 e. The number of aromatic nitrogens is 1. The minimum atomic E-state index is -0.386. The molecule has 112 valence electrons. The molecular weight excluding hydrogens is 271 g/mol.